The Morgan fingerprint density at radius 3 is 2.56 bits per heavy atom. The van der Waals surface area contributed by atoms with E-state index in [-0.39, 0.29) is 36.1 Å². The molecule has 186 valence electrons. The molecule has 9 nitrogen and oxygen atoms in total. The van der Waals surface area contributed by atoms with Crippen LogP contribution in [-0.2, 0) is 19.1 Å². The topological polar surface area (TPSA) is 110 Å². The first kappa shape index (κ1) is 25.6. The van der Waals surface area contributed by atoms with Crippen LogP contribution in [0.15, 0.2) is 29.5 Å². The average Bonchev–Trinajstić information content (AvgIpc) is 3.56. The summed E-state index contributed by atoms with van der Waals surface area (Å²) in [4.78, 5) is 48.8. The second-order valence-corrected chi connectivity index (χ2v) is 9.96. The third-order valence-corrected chi connectivity index (χ3v) is 6.45. The molecule has 1 aromatic rings. The zero-order valence-corrected chi connectivity index (χ0v) is 21.0. The number of nitrogens with zero attached hydrogens (tertiary/aromatic N) is 3. The number of carbonyl (C=O) groups is 3. The lowest BCUT2D eigenvalue weighted by molar-refractivity contribution is -0.145. The van der Waals surface area contributed by atoms with Crippen molar-refractivity contribution in [1.82, 2.24) is 15.2 Å². The first-order valence-corrected chi connectivity index (χ1v) is 12.0. The molecule has 0 aromatic carbocycles. The molecule has 3 rings (SSSR count). The SMILES string of the molecule is CCOC(=O)[C@@H]1C[C@H]1[C@@H](c1cccnc1)N1C(=O)CC(CC)(CC)N/C1=N\C(=O)OC(C)(C)C. The number of nitrogens with one attached hydrogen (secondary N) is 1. The second-order valence-electron chi connectivity index (χ2n) is 9.96. The van der Waals surface area contributed by atoms with Crippen LogP contribution < -0.4 is 5.32 Å². The molecule has 3 atom stereocenters. The van der Waals surface area contributed by atoms with Gasteiger partial charge in [0.2, 0.25) is 11.9 Å². The first-order valence-electron chi connectivity index (χ1n) is 12.0. The standard InChI is InChI=1S/C25H36N4O5/c1-7-25(8-2)14-19(30)29(22(28-25)27-23(32)34-24(4,5)6)20(16-11-10-12-26-15-16)17-13-18(17)21(31)33-9-3/h10-12,15,17-18,20H,7-9,13-14H2,1-6H3,(H,27,28,32)/t17-,18-,20-/m1/s1. The highest BCUT2D eigenvalue weighted by Gasteiger charge is 2.54. The molecule has 2 aliphatic rings. The molecule has 34 heavy (non-hydrogen) atoms. The predicted octanol–water partition coefficient (Wildman–Crippen LogP) is 3.99. The molecular formula is C25H36N4O5. The molecular weight excluding hydrogens is 436 g/mol. The van der Waals surface area contributed by atoms with Crippen LogP contribution in [-0.4, -0.2) is 51.6 Å². The molecule has 2 fully saturated rings. The number of rotatable bonds is 7. The Kier molecular flexibility index (Phi) is 7.63. The number of guanidine groups is 1. The zero-order chi connectivity index (χ0) is 25.1. The molecule has 1 saturated heterocycles. The molecule has 1 aromatic heterocycles. The molecule has 0 radical (unpaired) electrons. The predicted molar refractivity (Wildman–Crippen MR) is 127 cm³/mol. The summed E-state index contributed by atoms with van der Waals surface area (Å²) < 4.78 is 10.7. The summed E-state index contributed by atoms with van der Waals surface area (Å²) in [5, 5.41) is 3.38. The summed E-state index contributed by atoms with van der Waals surface area (Å²) in [7, 11) is 0. The lowest BCUT2D eigenvalue weighted by Crippen LogP contribution is -2.63. The van der Waals surface area contributed by atoms with Crippen LogP contribution in [0.5, 0.6) is 0 Å². The summed E-state index contributed by atoms with van der Waals surface area (Å²) >= 11 is 0. The lowest BCUT2D eigenvalue weighted by atomic mass is 9.85. The van der Waals surface area contributed by atoms with Gasteiger partial charge >= 0.3 is 12.1 Å². The highest BCUT2D eigenvalue weighted by atomic mass is 16.6. The molecule has 1 aliphatic carbocycles. The summed E-state index contributed by atoms with van der Waals surface area (Å²) in [6, 6.07) is 3.15. The van der Waals surface area contributed by atoms with Crippen molar-refractivity contribution >= 4 is 23.9 Å². The largest absolute Gasteiger partial charge is 0.466 e. The molecule has 0 bridgehead atoms. The summed E-state index contributed by atoms with van der Waals surface area (Å²) in [6.07, 6.45) is 4.76. The summed E-state index contributed by atoms with van der Waals surface area (Å²) in [5.41, 5.74) is -0.476. The van der Waals surface area contributed by atoms with Crippen LogP contribution in [0.2, 0.25) is 0 Å². The van der Waals surface area contributed by atoms with Crippen molar-refractivity contribution in [3.05, 3.63) is 30.1 Å². The van der Waals surface area contributed by atoms with Crippen molar-refractivity contribution in [2.24, 2.45) is 16.8 Å². The van der Waals surface area contributed by atoms with E-state index >= 15 is 0 Å². The van der Waals surface area contributed by atoms with Crippen molar-refractivity contribution in [1.29, 1.82) is 0 Å². The van der Waals surface area contributed by atoms with Crippen molar-refractivity contribution < 1.29 is 23.9 Å². The van der Waals surface area contributed by atoms with Crippen LogP contribution in [0.25, 0.3) is 0 Å². The number of pyridine rings is 1. The van der Waals surface area contributed by atoms with Crippen LogP contribution in [0, 0.1) is 11.8 Å². The molecule has 1 N–H and O–H groups in total. The maximum absolute atomic E-state index is 13.7. The Hall–Kier alpha value is -2.97. The molecule has 2 amide bonds. The van der Waals surface area contributed by atoms with E-state index in [0.717, 1.165) is 5.56 Å². The average molecular weight is 473 g/mol. The van der Waals surface area contributed by atoms with Crippen LogP contribution in [0.3, 0.4) is 0 Å². The fourth-order valence-electron chi connectivity index (χ4n) is 4.47. The van der Waals surface area contributed by atoms with Gasteiger partial charge in [-0.15, -0.1) is 4.99 Å². The number of hydrogen-bond donors (Lipinski definition) is 1. The minimum absolute atomic E-state index is 0.151. The minimum Gasteiger partial charge on any atom is -0.466 e. The Morgan fingerprint density at radius 2 is 2.00 bits per heavy atom. The summed E-state index contributed by atoms with van der Waals surface area (Å²) in [5.74, 6) is -0.787. The number of aliphatic imine (C=N–C) groups is 1. The molecule has 9 heteroatoms. The Labute approximate surface area is 201 Å². The van der Waals surface area contributed by atoms with E-state index < -0.39 is 23.3 Å². The normalized spacial score (nSPS) is 23.8. The fraction of sp³-hybridized carbons (Fsp3) is 0.640. The number of carbonyl (C=O) groups excluding carboxylic acids is 3. The molecule has 0 spiro atoms. The van der Waals surface area contributed by atoms with E-state index in [4.69, 9.17) is 9.47 Å². The van der Waals surface area contributed by atoms with Gasteiger partial charge in [0, 0.05) is 17.9 Å². The molecule has 1 aliphatic heterocycles. The van der Waals surface area contributed by atoms with E-state index in [0.29, 0.717) is 25.9 Å². The van der Waals surface area contributed by atoms with Gasteiger partial charge in [0.05, 0.1) is 25.0 Å². The van der Waals surface area contributed by atoms with Crippen LogP contribution >= 0.6 is 0 Å². The smallest absolute Gasteiger partial charge is 0.437 e. The van der Waals surface area contributed by atoms with Gasteiger partial charge in [-0.1, -0.05) is 19.9 Å². The van der Waals surface area contributed by atoms with Gasteiger partial charge in [-0.05, 0) is 64.5 Å². The fourth-order valence-corrected chi connectivity index (χ4v) is 4.47. The Morgan fingerprint density at radius 1 is 1.29 bits per heavy atom. The third-order valence-electron chi connectivity index (χ3n) is 6.45. The van der Waals surface area contributed by atoms with Crippen molar-refractivity contribution in [2.45, 2.75) is 84.4 Å². The minimum atomic E-state index is -0.779. The van der Waals surface area contributed by atoms with E-state index in [1.807, 2.05) is 19.9 Å². The number of ether oxygens (including phenoxy) is 2. The highest BCUT2D eigenvalue weighted by Crippen LogP contribution is 2.51. The Balaban J connectivity index is 2.05. The van der Waals surface area contributed by atoms with E-state index in [1.165, 1.54) is 4.90 Å². The van der Waals surface area contributed by atoms with Gasteiger partial charge in [-0.2, -0.15) is 0 Å². The van der Waals surface area contributed by atoms with Gasteiger partial charge < -0.3 is 14.8 Å². The quantitative estimate of drug-likeness (QED) is 0.597. The number of hydrogen-bond acceptors (Lipinski definition) is 6. The van der Waals surface area contributed by atoms with Crippen molar-refractivity contribution in [3.8, 4) is 0 Å². The molecule has 2 heterocycles. The van der Waals surface area contributed by atoms with Crippen molar-refractivity contribution in [2.75, 3.05) is 6.61 Å². The van der Waals surface area contributed by atoms with E-state index in [2.05, 4.69) is 15.3 Å². The van der Waals surface area contributed by atoms with Gasteiger partial charge in [0.15, 0.2) is 0 Å². The lowest BCUT2D eigenvalue weighted by Gasteiger charge is -2.45. The highest BCUT2D eigenvalue weighted by molar-refractivity contribution is 6.04. The monoisotopic (exact) mass is 472 g/mol. The van der Waals surface area contributed by atoms with Gasteiger partial charge in [-0.3, -0.25) is 19.5 Å². The van der Waals surface area contributed by atoms with E-state index in [9.17, 15) is 14.4 Å². The maximum Gasteiger partial charge on any atom is 0.437 e. The number of esters is 1. The van der Waals surface area contributed by atoms with Gasteiger partial charge in [0.1, 0.15) is 5.60 Å². The van der Waals surface area contributed by atoms with Gasteiger partial charge in [0.25, 0.3) is 0 Å². The third kappa shape index (κ3) is 5.74. The van der Waals surface area contributed by atoms with Crippen molar-refractivity contribution in [3.63, 3.8) is 0 Å². The zero-order valence-electron chi connectivity index (χ0n) is 21.0. The molecule has 1 saturated carbocycles. The summed E-state index contributed by atoms with van der Waals surface area (Å²) in [6.45, 7) is 11.4. The van der Waals surface area contributed by atoms with Crippen LogP contribution in [0.4, 0.5) is 4.79 Å². The molecule has 0 unspecified atom stereocenters. The maximum atomic E-state index is 13.7. The van der Waals surface area contributed by atoms with Crippen LogP contribution in [0.1, 0.15) is 78.8 Å². The first-order chi connectivity index (χ1) is 16.0. The number of amides is 2. The van der Waals surface area contributed by atoms with E-state index in [1.54, 1.807) is 46.2 Å². The second kappa shape index (κ2) is 10.1. The van der Waals surface area contributed by atoms with Gasteiger partial charge in [-0.25, -0.2) is 4.79 Å². The Bertz CT molecular complexity index is 936. The number of aromatic nitrogens is 1.